The molecule has 2 amide bonds. The molecule has 138 valence electrons. The number of aryl methyl sites for hydroxylation is 2. The van der Waals surface area contributed by atoms with Gasteiger partial charge in [0.2, 0.25) is 0 Å². The Morgan fingerprint density at radius 1 is 1.23 bits per heavy atom. The molecule has 1 saturated carbocycles. The van der Waals surface area contributed by atoms with Crippen LogP contribution in [0.25, 0.3) is 0 Å². The third-order valence-electron chi connectivity index (χ3n) is 4.96. The van der Waals surface area contributed by atoms with Crippen molar-refractivity contribution in [1.29, 1.82) is 0 Å². The summed E-state index contributed by atoms with van der Waals surface area (Å²) in [6.45, 7) is 4.95. The molecule has 3 rings (SSSR count). The molecule has 0 radical (unpaired) electrons. The normalized spacial score (nSPS) is 13.4. The summed E-state index contributed by atoms with van der Waals surface area (Å²) in [7, 11) is 2.04. The number of amides is 2. The van der Waals surface area contributed by atoms with Crippen LogP contribution in [-0.2, 0) is 6.54 Å². The molecule has 0 aliphatic heterocycles. The number of anilines is 2. The lowest BCUT2D eigenvalue weighted by Gasteiger charge is -2.29. The summed E-state index contributed by atoms with van der Waals surface area (Å²) >= 11 is 0. The quantitative estimate of drug-likeness (QED) is 0.438. The standard InChI is InChI=1S/C20H27N5O/c1-13-7-8-14(2)16(11-13)12-24(3)19-17(15-9-10-15)5-4-6-18(19)25(22)20(26)23-21/h4-8,11,15H,9-10,12,21-22H2,1-3H3,(H,23,26). The first-order chi connectivity index (χ1) is 12.4. The van der Waals surface area contributed by atoms with Crippen molar-refractivity contribution in [3.63, 3.8) is 0 Å². The summed E-state index contributed by atoms with van der Waals surface area (Å²) < 4.78 is 0. The zero-order chi connectivity index (χ0) is 18.8. The van der Waals surface area contributed by atoms with Gasteiger partial charge in [0, 0.05) is 13.6 Å². The first-order valence-corrected chi connectivity index (χ1v) is 8.88. The molecule has 0 aromatic heterocycles. The molecule has 6 nitrogen and oxygen atoms in total. The van der Waals surface area contributed by atoms with Crippen LogP contribution in [0.15, 0.2) is 36.4 Å². The van der Waals surface area contributed by atoms with E-state index in [0.29, 0.717) is 11.6 Å². The van der Waals surface area contributed by atoms with Crippen LogP contribution in [0.1, 0.15) is 41.0 Å². The maximum atomic E-state index is 12.0. The summed E-state index contributed by atoms with van der Waals surface area (Å²) in [5, 5.41) is 1.08. The Hall–Kier alpha value is -2.57. The fourth-order valence-electron chi connectivity index (χ4n) is 3.37. The van der Waals surface area contributed by atoms with Crippen LogP contribution in [0.5, 0.6) is 0 Å². The summed E-state index contributed by atoms with van der Waals surface area (Å²) in [6, 6.07) is 11.9. The molecule has 0 bridgehead atoms. The molecule has 2 aromatic rings. The third kappa shape index (κ3) is 3.66. The van der Waals surface area contributed by atoms with Gasteiger partial charge in [-0.25, -0.2) is 21.5 Å². The van der Waals surface area contributed by atoms with Crippen molar-refractivity contribution in [3.05, 3.63) is 58.7 Å². The van der Waals surface area contributed by atoms with Crippen LogP contribution in [0.2, 0.25) is 0 Å². The first kappa shape index (κ1) is 18.2. The molecule has 1 aliphatic rings. The zero-order valence-electron chi connectivity index (χ0n) is 15.6. The summed E-state index contributed by atoms with van der Waals surface area (Å²) in [6.07, 6.45) is 2.34. The van der Waals surface area contributed by atoms with Gasteiger partial charge >= 0.3 is 6.03 Å². The number of carbonyl (C=O) groups excluding carboxylic acids is 1. The van der Waals surface area contributed by atoms with E-state index in [-0.39, 0.29) is 0 Å². The van der Waals surface area contributed by atoms with Crippen molar-refractivity contribution in [2.45, 2.75) is 39.2 Å². The Labute approximate surface area is 154 Å². The molecule has 0 heterocycles. The number of hydrogen-bond donors (Lipinski definition) is 3. The summed E-state index contributed by atoms with van der Waals surface area (Å²) in [5.74, 6) is 11.8. The van der Waals surface area contributed by atoms with Gasteiger partial charge in [-0.2, -0.15) is 0 Å². The molecule has 0 spiro atoms. The van der Waals surface area contributed by atoms with E-state index in [1.54, 1.807) is 0 Å². The van der Waals surface area contributed by atoms with E-state index < -0.39 is 6.03 Å². The van der Waals surface area contributed by atoms with Gasteiger partial charge in [-0.05, 0) is 55.4 Å². The number of rotatable bonds is 5. The molecule has 0 saturated heterocycles. The van der Waals surface area contributed by atoms with Gasteiger partial charge < -0.3 is 4.90 Å². The number of benzene rings is 2. The Bertz CT molecular complexity index is 816. The van der Waals surface area contributed by atoms with E-state index in [0.717, 1.165) is 17.2 Å². The van der Waals surface area contributed by atoms with Gasteiger partial charge in [0.15, 0.2) is 0 Å². The van der Waals surface area contributed by atoms with Crippen molar-refractivity contribution >= 4 is 17.4 Å². The monoisotopic (exact) mass is 353 g/mol. The maximum Gasteiger partial charge on any atom is 0.350 e. The number of nitrogens with zero attached hydrogens (tertiary/aromatic N) is 2. The lowest BCUT2D eigenvalue weighted by Crippen LogP contribution is -2.48. The highest BCUT2D eigenvalue weighted by Gasteiger charge is 2.30. The average Bonchev–Trinajstić information content (AvgIpc) is 3.47. The van der Waals surface area contributed by atoms with E-state index in [1.807, 2.05) is 19.2 Å². The van der Waals surface area contributed by atoms with Gasteiger partial charge in [0.25, 0.3) is 0 Å². The van der Waals surface area contributed by atoms with Crippen molar-refractivity contribution in [2.75, 3.05) is 17.0 Å². The van der Waals surface area contributed by atoms with Gasteiger partial charge in [-0.1, -0.05) is 35.9 Å². The van der Waals surface area contributed by atoms with Crippen LogP contribution in [0, 0.1) is 13.8 Å². The second-order valence-electron chi connectivity index (χ2n) is 7.09. The summed E-state index contributed by atoms with van der Waals surface area (Å²) in [4.78, 5) is 14.2. The van der Waals surface area contributed by atoms with Crippen LogP contribution in [0.4, 0.5) is 16.2 Å². The van der Waals surface area contributed by atoms with Crippen LogP contribution in [0.3, 0.4) is 0 Å². The molecule has 5 N–H and O–H groups in total. The Morgan fingerprint density at radius 3 is 2.62 bits per heavy atom. The van der Waals surface area contributed by atoms with Crippen molar-refractivity contribution < 1.29 is 4.79 Å². The van der Waals surface area contributed by atoms with E-state index >= 15 is 0 Å². The molecule has 26 heavy (non-hydrogen) atoms. The van der Waals surface area contributed by atoms with Gasteiger partial charge in [0.1, 0.15) is 0 Å². The highest BCUT2D eigenvalue weighted by Crippen LogP contribution is 2.47. The topological polar surface area (TPSA) is 87.6 Å². The number of para-hydroxylation sites is 1. The van der Waals surface area contributed by atoms with E-state index in [2.05, 4.69) is 48.4 Å². The molecule has 0 atom stereocenters. The Kier molecular flexibility index (Phi) is 5.15. The fourth-order valence-corrected chi connectivity index (χ4v) is 3.37. The average molecular weight is 353 g/mol. The van der Waals surface area contributed by atoms with Gasteiger partial charge in [0.05, 0.1) is 11.4 Å². The summed E-state index contributed by atoms with van der Waals surface area (Å²) in [5.41, 5.74) is 8.72. The SMILES string of the molecule is Cc1ccc(C)c(CN(C)c2c(C3CC3)cccc2N(N)C(=O)NN)c1. The molecule has 0 unspecified atom stereocenters. The Balaban J connectivity index is 2.01. The minimum atomic E-state index is -0.542. The lowest BCUT2D eigenvalue weighted by molar-refractivity contribution is 0.246. The van der Waals surface area contributed by atoms with Crippen LogP contribution in [-0.4, -0.2) is 13.1 Å². The number of hydrogen-bond acceptors (Lipinski definition) is 4. The third-order valence-corrected chi connectivity index (χ3v) is 4.96. The Morgan fingerprint density at radius 2 is 1.96 bits per heavy atom. The second kappa shape index (κ2) is 7.35. The molecule has 6 heteroatoms. The van der Waals surface area contributed by atoms with Crippen LogP contribution >= 0.6 is 0 Å². The smallest absolute Gasteiger partial charge is 0.350 e. The maximum absolute atomic E-state index is 12.0. The highest BCUT2D eigenvalue weighted by molar-refractivity contribution is 5.95. The van der Waals surface area contributed by atoms with Crippen molar-refractivity contribution in [1.82, 2.24) is 5.43 Å². The molecule has 1 fully saturated rings. The largest absolute Gasteiger partial charge is 0.368 e. The van der Waals surface area contributed by atoms with Crippen molar-refractivity contribution in [2.24, 2.45) is 11.7 Å². The number of nitrogens with two attached hydrogens (primary N) is 2. The molecule has 1 aliphatic carbocycles. The number of hydrazine groups is 2. The lowest BCUT2D eigenvalue weighted by atomic mass is 10.0. The molecular weight excluding hydrogens is 326 g/mol. The zero-order valence-corrected chi connectivity index (χ0v) is 15.6. The number of urea groups is 1. The number of nitrogens with one attached hydrogen (secondary N) is 1. The van der Waals surface area contributed by atoms with Crippen molar-refractivity contribution in [3.8, 4) is 0 Å². The first-order valence-electron chi connectivity index (χ1n) is 8.88. The second-order valence-corrected chi connectivity index (χ2v) is 7.09. The predicted molar refractivity (Wildman–Crippen MR) is 106 cm³/mol. The van der Waals surface area contributed by atoms with E-state index in [4.69, 9.17) is 11.7 Å². The van der Waals surface area contributed by atoms with E-state index in [1.165, 1.54) is 35.1 Å². The van der Waals surface area contributed by atoms with E-state index in [9.17, 15) is 4.79 Å². The van der Waals surface area contributed by atoms with Gasteiger partial charge in [-0.3, -0.25) is 5.43 Å². The fraction of sp³-hybridized carbons (Fsp3) is 0.350. The minimum Gasteiger partial charge on any atom is -0.368 e. The minimum absolute atomic E-state index is 0.528. The van der Waals surface area contributed by atoms with Crippen LogP contribution < -0.4 is 27.0 Å². The number of carbonyl (C=O) groups is 1. The molecular formula is C20H27N5O. The molecule has 2 aromatic carbocycles. The van der Waals surface area contributed by atoms with Gasteiger partial charge in [-0.15, -0.1) is 0 Å². The predicted octanol–water partition coefficient (Wildman–Crippen LogP) is 3.08. The highest BCUT2D eigenvalue weighted by atomic mass is 16.2.